The van der Waals surface area contributed by atoms with E-state index in [9.17, 15) is 9.59 Å². The first-order chi connectivity index (χ1) is 13.1. The van der Waals surface area contributed by atoms with Crippen molar-refractivity contribution in [3.63, 3.8) is 0 Å². The Kier molecular flexibility index (Phi) is 3.66. The topological polar surface area (TPSA) is 102 Å². The molecular weight excluding hydrogens is 346 g/mol. The number of amides is 1. The molecule has 2 saturated carbocycles. The summed E-state index contributed by atoms with van der Waals surface area (Å²) in [7, 11) is 0. The summed E-state index contributed by atoms with van der Waals surface area (Å²) in [5, 5.41) is 11.4. The third kappa shape index (κ3) is 3.05. The minimum Gasteiger partial charge on any atom is -0.480 e. The van der Waals surface area contributed by atoms with Gasteiger partial charge in [0.25, 0.3) is 5.91 Å². The molecule has 0 aliphatic heterocycles. The first-order valence-corrected chi connectivity index (χ1v) is 9.43. The average molecular weight is 367 g/mol. The molecule has 8 heteroatoms. The van der Waals surface area contributed by atoms with Crippen molar-refractivity contribution in [3.8, 4) is 0 Å². The Morgan fingerprint density at radius 2 is 1.52 bits per heavy atom. The SMILES string of the molecule is O=C(O)CNC(=O)c1c2ncn(CC3CC3)c2cc2c1ncn2CC1CC1. The van der Waals surface area contributed by atoms with E-state index >= 15 is 0 Å². The maximum Gasteiger partial charge on any atom is 0.322 e. The summed E-state index contributed by atoms with van der Waals surface area (Å²) in [5.74, 6) is -0.163. The van der Waals surface area contributed by atoms with Crippen LogP contribution in [0.15, 0.2) is 18.7 Å². The minimum absolute atomic E-state index is 0.368. The lowest BCUT2D eigenvalue weighted by Crippen LogP contribution is -2.29. The van der Waals surface area contributed by atoms with Gasteiger partial charge < -0.3 is 19.6 Å². The van der Waals surface area contributed by atoms with E-state index in [1.54, 1.807) is 12.7 Å². The van der Waals surface area contributed by atoms with Crippen LogP contribution in [0.3, 0.4) is 0 Å². The van der Waals surface area contributed by atoms with Crippen molar-refractivity contribution in [2.45, 2.75) is 38.8 Å². The van der Waals surface area contributed by atoms with Crippen molar-refractivity contribution in [1.29, 1.82) is 0 Å². The summed E-state index contributed by atoms with van der Waals surface area (Å²) in [5.41, 5.74) is 3.36. The highest BCUT2D eigenvalue weighted by molar-refractivity contribution is 6.15. The van der Waals surface area contributed by atoms with Crippen molar-refractivity contribution in [2.24, 2.45) is 11.8 Å². The molecule has 3 aromatic rings. The predicted octanol–water partition coefficient (Wildman–Crippen LogP) is 2.02. The van der Waals surface area contributed by atoms with Crippen molar-refractivity contribution in [3.05, 3.63) is 24.3 Å². The molecule has 2 aliphatic rings. The first kappa shape index (κ1) is 16.3. The van der Waals surface area contributed by atoms with Gasteiger partial charge in [-0.1, -0.05) is 0 Å². The smallest absolute Gasteiger partial charge is 0.322 e. The standard InChI is InChI=1S/C19H21N5O3/c25-15(26)6-20-19(27)16-17-13(23(9-21-17)7-11-1-2-11)5-14-18(16)22-10-24(14)8-12-3-4-12/h5,9-12H,1-4,6-8H2,(H,20,27)(H,25,26). The molecule has 8 nitrogen and oxygen atoms in total. The second-order valence-electron chi connectivity index (χ2n) is 7.74. The van der Waals surface area contributed by atoms with Crippen LogP contribution < -0.4 is 5.32 Å². The monoisotopic (exact) mass is 367 g/mol. The molecule has 0 atom stereocenters. The fourth-order valence-corrected chi connectivity index (χ4v) is 3.62. The number of hydrogen-bond acceptors (Lipinski definition) is 4. The molecule has 2 aromatic heterocycles. The zero-order valence-corrected chi connectivity index (χ0v) is 14.9. The number of carbonyl (C=O) groups is 2. The number of nitrogens with one attached hydrogen (secondary N) is 1. The van der Waals surface area contributed by atoms with E-state index in [1.165, 1.54) is 25.7 Å². The van der Waals surface area contributed by atoms with E-state index in [1.807, 2.05) is 0 Å². The van der Waals surface area contributed by atoms with Gasteiger partial charge in [0.2, 0.25) is 0 Å². The molecule has 0 radical (unpaired) electrons. The van der Waals surface area contributed by atoms with Gasteiger partial charge in [0, 0.05) is 13.1 Å². The Bertz CT molecular complexity index is 992. The molecule has 2 fully saturated rings. The number of carboxylic acids is 1. The van der Waals surface area contributed by atoms with Crippen LogP contribution in [0, 0.1) is 11.8 Å². The summed E-state index contributed by atoms with van der Waals surface area (Å²) in [4.78, 5) is 32.6. The Hall–Kier alpha value is -2.90. The zero-order chi connectivity index (χ0) is 18.5. The van der Waals surface area contributed by atoms with Crippen LogP contribution in [0.25, 0.3) is 22.1 Å². The van der Waals surface area contributed by atoms with Crippen molar-refractivity contribution >= 4 is 33.9 Å². The molecule has 0 saturated heterocycles. The van der Waals surface area contributed by atoms with Crippen LogP contribution >= 0.6 is 0 Å². The maximum absolute atomic E-state index is 12.8. The van der Waals surface area contributed by atoms with Crippen LogP contribution in [0.1, 0.15) is 36.0 Å². The number of rotatable bonds is 7. The second kappa shape index (κ2) is 6.07. The first-order valence-electron chi connectivity index (χ1n) is 9.43. The third-order valence-corrected chi connectivity index (χ3v) is 5.43. The van der Waals surface area contributed by atoms with Gasteiger partial charge in [-0.05, 0) is 43.6 Å². The van der Waals surface area contributed by atoms with Crippen molar-refractivity contribution < 1.29 is 14.7 Å². The van der Waals surface area contributed by atoms with Gasteiger partial charge in [-0.15, -0.1) is 0 Å². The summed E-state index contributed by atoms with van der Waals surface area (Å²) >= 11 is 0. The van der Waals surface area contributed by atoms with Crippen LogP contribution in [0.2, 0.25) is 0 Å². The fraction of sp³-hybridized carbons (Fsp3) is 0.474. The van der Waals surface area contributed by atoms with E-state index < -0.39 is 18.4 Å². The normalized spacial score (nSPS) is 16.9. The Morgan fingerprint density at radius 3 is 1.96 bits per heavy atom. The molecule has 140 valence electrons. The van der Waals surface area contributed by atoms with Gasteiger partial charge in [0.15, 0.2) is 0 Å². The largest absolute Gasteiger partial charge is 0.480 e. The van der Waals surface area contributed by atoms with Crippen LogP contribution in [-0.4, -0.2) is 42.6 Å². The minimum atomic E-state index is -1.08. The molecule has 1 amide bonds. The van der Waals surface area contributed by atoms with Gasteiger partial charge in [-0.3, -0.25) is 9.59 Å². The van der Waals surface area contributed by atoms with Crippen LogP contribution in [0.4, 0.5) is 0 Å². The lowest BCUT2D eigenvalue weighted by molar-refractivity contribution is -0.135. The number of carboxylic acid groups (broad SMARTS) is 1. The Morgan fingerprint density at radius 1 is 1.00 bits per heavy atom. The number of aromatic nitrogens is 4. The fourth-order valence-electron chi connectivity index (χ4n) is 3.62. The summed E-state index contributed by atoms with van der Waals surface area (Å²) in [6.45, 7) is 1.37. The number of benzene rings is 1. The second-order valence-corrected chi connectivity index (χ2v) is 7.74. The summed E-state index contributed by atoms with van der Waals surface area (Å²) in [6, 6.07) is 2.07. The molecule has 2 N–H and O–H groups in total. The zero-order valence-electron chi connectivity index (χ0n) is 14.9. The van der Waals surface area contributed by atoms with E-state index in [-0.39, 0.29) is 0 Å². The highest BCUT2D eigenvalue weighted by Gasteiger charge is 2.27. The van der Waals surface area contributed by atoms with Crippen molar-refractivity contribution in [1.82, 2.24) is 24.4 Å². The Labute approximate surface area is 155 Å². The van der Waals surface area contributed by atoms with Gasteiger partial charge in [0.05, 0.1) is 29.3 Å². The number of carbonyl (C=O) groups excluding carboxylic acids is 1. The van der Waals surface area contributed by atoms with Crippen LogP contribution in [-0.2, 0) is 17.9 Å². The number of aliphatic carboxylic acids is 1. The highest BCUT2D eigenvalue weighted by atomic mass is 16.4. The van der Waals surface area contributed by atoms with E-state index in [0.717, 1.165) is 24.1 Å². The molecule has 0 bridgehead atoms. The number of hydrogen-bond donors (Lipinski definition) is 2. The molecule has 0 unspecified atom stereocenters. The average Bonchev–Trinajstić information content (AvgIpc) is 3.55. The quantitative estimate of drug-likeness (QED) is 0.665. The summed E-state index contributed by atoms with van der Waals surface area (Å²) < 4.78 is 4.21. The van der Waals surface area contributed by atoms with E-state index in [0.29, 0.717) is 28.4 Å². The molecular formula is C19H21N5O3. The highest BCUT2D eigenvalue weighted by Crippen LogP contribution is 2.35. The lowest BCUT2D eigenvalue weighted by Gasteiger charge is -2.09. The molecule has 5 rings (SSSR count). The molecule has 2 aliphatic carbocycles. The van der Waals surface area contributed by atoms with Gasteiger partial charge in [-0.2, -0.15) is 0 Å². The number of imidazole rings is 2. The molecule has 2 heterocycles. The van der Waals surface area contributed by atoms with Gasteiger partial charge in [0.1, 0.15) is 17.6 Å². The maximum atomic E-state index is 12.8. The third-order valence-electron chi connectivity index (χ3n) is 5.43. The van der Waals surface area contributed by atoms with Crippen LogP contribution in [0.5, 0.6) is 0 Å². The summed E-state index contributed by atoms with van der Waals surface area (Å²) in [6.07, 6.45) is 8.48. The van der Waals surface area contributed by atoms with Crippen molar-refractivity contribution in [2.75, 3.05) is 6.54 Å². The molecule has 0 spiro atoms. The Balaban J connectivity index is 1.65. The van der Waals surface area contributed by atoms with Gasteiger partial charge in [-0.25, -0.2) is 9.97 Å². The van der Waals surface area contributed by atoms with E-state index in [4.69, 9.17) is 5.11 Å². The molecule has 1 aromatic carbocycles. The number of fused-ring (bicyclic) bond motifs is 2. The lowest BCUT2D eigenvalue weighted by atomic mass is 10.1. The van der Waals surface area contributed by atoms with Gasteiger partial charge >= 0.3 is 5.97 Å². The number of nitrogens with zero attached hydrogens (tertiary/aromatic N) is 4. The van der Waals surface area contributed by atoms with E-state index in [2.05, 4.69) is 30.5 Å². The predicted molar refractivity (Wildman–Crippen MR) is 98.4 cm³/mol. The molecule has 27 heavy (non-hydrogen) atoms.